The van der Waals surface area contributed by atoms with E-state index in [4.69, 9.17) is 11.6 Å². The van der Waals surface area contributed by atoms with Crippen LogP contribution in [0.5, 0.6) is 0 Å². The third-order valence-corrected chi connectivity index (χ3v) is 5.18. The van der Waals surface area contributed by atoms with Crippen molar-refractivity contribution in [3.05, 3.63) is 35.9 Å². The molecular weight excluding hydrogens is 258 g/mol. The summed E-state index contributed by atoms with van der Waals surface area (Å²) < 4.78 is 25.3. The summed E-state index contributed by atoms with van der Waals surface area (Å²) in [6, 6.07) is 9.43. The second-order valence-corrected chi connectivity index (χ2v) is 6.53. The average molecular weight is 276 g/mol. The Bertz CT molecular complexity index is 433. The van der Waals surface area contributed by atoms with E-state index >= 15 is 0 Å². The van der Waals surface area contributed by atoms with Gasteiger partial charge in [-0.2, -0.15) is 0 Å². The van der Waals surface area contributed by atoms with Gasteiger partial charge in [0.15, 0.2) is 0 Å². The maximum atomic E-state index is 12.0. The minimum atomic E-state index is -3.22. The standard InChI is InChI=1S/C12H18ClNO2S/c1-11(10-13)14(2)17(15,16)9-8-12-6-4-3-5-7-12/h3-7,11H,8-10H2,1-2H3. The lowest BCUT2D eigenvalue weighted by Gasteiger charge is -2.22. The van der Waals surface area contributed by atoms with E-state index in [2.05, 4.69) is 0 Å². The number of sulfonamides is 1. The van der Waals surface area contributed by atoms with E-state index in [1.807, 2.05) is 30.3 Å². The lowest BCUT2D eigenvalue weighted by molar-refractivity contribution is 0.413. The van der Waals surface area contributed by atoms with E-state index in [0.717, 1.165) is 5.56 Å². The molecule has 0 aromatic heterocycles. The molecule has 0 amide bonds. The number of halogens is 1. The highest BCUT2D eigenvalue weighted by atomic mass is 35.5. The molecule has 17 heavy (non-hydrogen) atoms. The molecule has 0 aliphatic rings. The second-order valence-electron chi connectivity index (χ2n) is 4.07. The SMILES string of the molecule is CC(CCl)N(C)S(=O)(=O)CCc1ccccc1. The molecule has 1 unspecified atom stereocenters. The Morgan fingerprint density at radius 1 is 1.29 bits per heavy atom. The van der Waals surface area contributed by atoms with Crippen molar-refractivity contribution in [2.45, 2.75) is 19.4 Å². The summed E-state index contributed by atoms with van der Waals surface area (Å²) in [4.78, 5) is 0. The third-order valence-electron chi connectivity index (χ3n) is 2.77. The van der Waals surface area contributed by atoms with Gasteiger partial charge in [0, 0.05) is 19.0 Å². The van der Waals surface area contributed by atoms with Crippen molar-refractivity contribution < 1.29 is 8.42 Å². The summed E-state index contributed by atoms with van der Waals surface area (Å²) in [7, 11) is -1.64. The zero-order valence-electron chi connectivity index (χ0n) is 10.1. The summed E-state index contributed by atoms with van der Waals surface area (Å²) in [6.45, 7) is 1.80. The van der Waals surface area contributed by atoms with Gasteiger partial charge < -0.3 is 0 Å². The van der Waals surface area contributed by atoms with Crippen molar-refractivity contribution in [1.82, 2.24) is 4.31 Å². The van der Waals surface area contributed by atoms with E-state index in [1.54, 1.807) is 14.0 Å². The van der Waals surface area contributed by atoms with Crippen LogP contribution in [-0.4, -0.2) is 37.4 Å². The summed E-state index contributed by atoms with van der Waals surface area (Å²) in [5.41, 5.74) is 1.03. The molecule has 1 rings (SSSR count). The Morgan fingerprint density at radius 2 is 1.88 bits per heavy atom. The summed E-state index contributed by atoms with van der Waals surface area (Å²) >= 11 is 5.66. The van der Waals surface area contributed by atoms with Crippen LogP contribution in [0.15, 0.2) is 30.3 Å². The topological polar surface area (TPSA) is 37.4 Å². The maximum absolute atomic E-state index is 12.0. The van der Waals surface area contributed by atoms with Crippen molar-refractivity contribution in [2.75, 3.05) is 18.7 Å². The first-order valence-corrected chi connectivity index (χ1v) is 7.67. The first-order valence-electron chi connectivity index (χ1n) is 5.53. The van der Waals surface area contributed by atoms with Gasteiger partial charge in [0.2, 0.25) is 10.0 Å². The van der Waals surface area contributed by atoms with Crippen molar-refractivity contribution in [3.8, 4) is 0 Å². The second kappa shape index (κ2) is 6.38. The van der Waals surface area contributed by atoms with Crippen LogP contribution < -0.4 is 0 Å². The highest BCUT2D eigenvalue weighted by Gasteiger charge is 2.22. The van der Waals surface area contributed by atoms with Crippen LogP contribution in [0.1, 0.15) is 12.5 Å². The molecule has 96 valence electrons. The molecule has 1 aromatic rings. The number of hydrogen-bond donors (Lipinski definition) is 0. The van der Waals surface area contributed by atoms with Crippen molar-refractivity contribution >= 4 is 21.6 Å². The molecule has 0 aliphatic carbocycles. The Labute approximate surface area is 108 Å². The largest absolute Gasteiger partial charge is 0.214 e. The Balaban J connectivity index is 2.62. The number of rotatable bonds is 6. The smallest absolute Gasteiger partial charge is 0.212 e. The minimum absolute atomic E-state index is 0.120. The van der Waals surface area contributed by atoms with Gasteiger partial charge in [-0.05, 0) is 18.9 Å². The molecule has 3 nitrogen and oxygen atoms in total. The maximum Gasteiger partial charge on any atom is 0.214 e. The molecule has 0 radical (unpaired) electrons. The summed E-state index contributed by atoms with van der Waals surface area (Å²) in [5.74, 6) is 0.426. The normalized spacial score (nSPS) is 13.9. The van der Waals surface area contributed by atoms with Gasteiger partial charge in [-0.1, -0.05) is 30.3 Å². The summed E-state index contributed by atoms with van der Waals surface area (Å²) in [6.07, 6.45) is 0.530. The van der Waals surface area contributed by atoms with E-state index in [9.17, 15) is 8.42 Å². The lowest BCUT2D eigenvalue weighted by atomic mass is 10.2. The lowest BCUT2D eigenvalue weighted by Crippen LogP contribution is -2.38. The average Bonchev–Trinajstić information content (AvgIpc) is 2.36. The first kappa shape index (κ1) is 14.5. The molecule has 1 aromatic carbocycles. The predicted molar refractivity (Wildman–Crippen MR) is 71.9 cm³/mol. The molecule has 0 heterocycles. The Hall–Kier alpha value is -0.580. The fourth-order valence-electron chi connectivity index (χ4n) is 1.41. The number of nitrogens with zero attached hydrogens (tertiary/aromatic N) is 1. The molecule has 0 spiro atoms. The highest BCUT2D eigenvalue weighted by molar-refractivity contribution is 7.89. The van der Waals surface area contributed by atoms with E-state index in [1.165, 1.54) is 4.31 Å². The number of hydrogen-bond acceptors (Lipinski definition) is 2. The molecule has 0 saturated heterocycles. The summed E-state index contributed by atoms with van der Waals surface area (Å²) in [5, 5.41) is 0. The third kappa shape index (κ3) is 4.30. The predicted octanol–water partition coefficient (Wildman–Crippen LogP) is 2.12. The van der Waals surface area contributed by atoms with Crippen LogP contribution in [0.4, 0.5) is 0 Å². The molecule has 5 heteroatoms. The zero-order valence-corrected chi connectivity index (χ0v) is 11.7. The Kier molecular flexibility index (Phi) is 5.43. The van der Waals surface area contributed by atoms with E-state index in [-0.39, 0.29) is 11.8 Å². The fourth-order valence-corrected chi connectivity index (χ4v) is 3.10. The monoisotopic (exact) mass is 275 g/mol. The molecule has 0 fully saturated rings. The van der Waals surface area contributed by atoms with Gasteiger partial charge in [0.1, 0.15) is 0 Å². The minimum Gasteiger partial charge on any atom is -0.212 e. The fraction of sp³-hybridized carbons (Fsp3) is 0.500. The van der Waals surface area contributed by atoms with Gasteiger partial charge in [-0.25, -0.2) is 12.7 Å². The van der Waals surface area contributed by atoms with E-state index in [0.29, 0.717) is 12.3 Å². The van der Waals surface area contributed by atoms with Crippen LogP contribution in [0.3, 0.4) is 0 Å². The van der Waals surface area contributed by atoms with Gasteiger partial charge in [-0.3, -0.25) is 0 Å². The van der Waals surface area contributed by atoms with Crippen LogP contribution in [0.2, 0.25) is 0 Å². The zero-order chi connectivity index (χ0) is 12.9. The van der Waals surface area contributed by atoms with Crippen LogP contribution in [0.25, 0.3) is 0 Å². The molecule has 0 saturated carbocycles. The van der Waals surface area contributed by atoms with Crippen LogP contribution in [-0.2, 0) is 16.4 Å². The van der Waals surface area contributed by atoms with Crippen LogP contribution >= 0.6 is 11.6 Å². The Morgan fingerprint density at radius 3 is 2.41 bits per heavy atom. The van der Waals surface area contributed by atoms with E-state index < -0.39 is 10.0 Å². The molecule has 0 N–H and O–H groups in total. The number of aryl methyl sites for hydroxylation is 1. The van der Waals surface area contributed by atoms with Crippen LogP contribution in [0, 0.1) is 0 Å². The molecular formula is C12H18ClNO2S. The van der Waals surface area contributed by atoms with Crippen molar-refractivity contribution in [1.29, 1.82) is 0 Å². The molecule has 0 aliphatic heterocycles. The van der Waals surface area contributed by atoms with Gasteiger partial charge in [0.05, 0.1) is 5.75 Å². The van der Waals surface area contributed by atoms with Gasteiger partial charge in [-0.15, -0.1) is 11.6 Å². The quantitative estimate of drug-likeness (QED) is 0.746. The van der Waals surface area contributed by atoms with Crippen molar-refractivity contribution in [2.24, 2.45) is 0 Å². The highest BCUT2D eigenvalue weighted by Crippen LogP contribution is 2.09. The molecule has 1 atom stereocenters. The first-order chi connectivity index (χ1) is 7.97. The number of alkyl halides is 1. The number of benzene rings is 1. The molecule has 0 bridgehead atoms. The van der Waals surface area contributed by atoms with Crippen molar-refractivity contribution in [3.63, 3.8) is 0 Å². The van der Waals surface area contributed by atoms with Gasteiger partial charge in [0.25, 0.3) is 0 Å². The van der Waals surface area contributed by atoms with Gasteiger partial charge >= 0.3 is 0 Å².